The Bertz CT molecular complexity index is 448. The first-order chi connectivity index (χ1) is 9.18. The van der Waals surface area contributed by atoms with Gasteiger partial charge >= 0.3 is 11.9 Å². The summed E-state index contributed by atoms with van der Waals surface area (Å²) in [5, 5.41) is 0. The summed E-state index contributed by atoms with van der Waals surface area (Å²) in [5.41, 5.74) is 0.0701. The minimum Gasteiger partial charge on any atom is -0.461 e. The van der Waals surface area contributed by atoms with Crippen LogP contribution in [-0.4, -0.2) is 32.3 Å². The van der Waals surface area contributed by atoms with E-state index in [0.29, 0.717) is 26.1 Å². The van der Waals surface area contributed by atoms with E-state index in [1.54, 1.807) is 0 Å². The maximum Gasteiger partial charge on any atom is 0.418 e. The molecule has 102 valence electrons. The first kappa shape index (κ1) is 13.5. The molecule has 1 fully saturated rings. The van der Waals surface area contributed by atoms with Gasteiger partial charge in [0, 0.05) is 12.8 Å². The van der Waals surface area contributed by atoms with Gasteiger partial charge in [-0.2, -0.15) is 0 Å². The number of carbonyl (C=O) groups excluding carboxylic acids is 2. The Morgan fingerprint density at radius 3 is 2.32 bits per heavy atom. The van der Waals surface area contributed by atoms with Gasteiger partial charge in [-0.05, 0) is 5.56 Å². The van der Waals surface area contributed by atoms with Crippen LogP contribution in [0.1, 0.15) is 18.4 Å². The van der Waals surface area contributed by atoms with Gasteiger partial charge in [-0.3, -0.25) is 0 Å². The number of carbonyl (C=O) groups is 2. The van der Waals surface area contributed by atoms with E-state index in [9.17, 15) is 9.59 Å². The summed E-state index contributed by atoms with van der Waals surface area (Å²) < 4.78 is 15.1. The molecule has 1 heterocycles. The first-order valence-corrected chi connectivity index (χ1v) is 6.12. The van der Waals surface area contributed by atoms with E-state index in [2.05, 4.69) is 4.74 Å². The van der Waals surface area contributed by atoms with Crippen molar-refractivity contribution in [1.29, 1.82) is 0 Å². The molecular formula is C14H16O5. The summed E-state index contributed by atoms with van der Waals surface area (Å²) >= 11 is 0. The van der Waals surface area contributed by atoms with Gasteiger partial charge in [-0.1, -0.05) is 30.3 Å². The summed E-state index contributed by atoms with van der Waals surface area (Å²) in [6.45, 7) is 0.979. The lowest BCUT2D eigenvalue weighted by Crippen LogP contribution is -2.40. The highest BCUT2D eigenvalue weighted by atomic mass is 16.6. The molecule has 0 amide bonds. The lowest BCUT2D eigenvalue weighted by Gasteiger charge is -2.36. The van der Waals surface area contributed by atoms with Crippen LogP contribution in [0.15, 0.2) is 30.3 Å². The number of hydrogen-bond acceptors (Lipinski definition) is 5. The van der Waals surface area contributed by atoms with E-state index < -0.39 is 17.5 Å². The van der Waals surface area contributed by atoms with Gasteiger partial charge in [-0.25, -0.2) is 9.59 Å². The first-order valence-electron chi connectivity index (χ1n) is 6.12. The number of ether oxygens (including phenoxy) is 3. The van der Waals surface area contributed by atoms with Crippen LogP contribution < -0.4 is 0 Å². The smallest absolute Gasteiger partial charge is 0.418 e. The summed E-state index contributed by atoms with van der Waals surface area (Å²) in [7, 11) is 1.16. The SMILES string of the molecule is COC(=O)C(=O)OC1(c2ccccc2)CCOCC1. The summed E-state index contributed by atoms with van der Waals surface area (Å²) in [5.74, 6) is -1.95. The van der Waals surface area contributed by atoms with Crippen LogP contribution in [0, 0.1) is 0 Å². The van der Waals surface area contributed by atoms with Crippen LogP contribution in [0.5, 0.6) is 0 Å². The third kappa shape index (κ3) is 2.93. The molecule has 19 heavy (non-hydrogen) atoms. The molecule has 1 aliphatic rings. The summed E-state index contributed by atoms with van der Waals surface area (Å²) in [6.07, 6.45) is 1.06. The fourth-order valence-electron chi connectivity index (χ4n) is 2.20. The topological polar surface area (TPSA) is 61.8 Å². The largest absolute Gasteiger partial charge is 0.461 e. The van der Waals surface area contributed by atoms with Crippen LogP contribution in [0.4, 0.5) is 0 Å². The Morgan fingerprint density at radius 2 is 1.74 bits per heavy atom. The molecule has 1 aliphatic heterocycles. The van der Waals surface area contributed by atoms with Crippen molar-refractivity contribution in [1.82, 2.24) is 0 Å². The predicted octanol–water partition coefficient (Wildman–Crippen LogP) is 1.41. The van der Waals surface area contributed by atoms with Gasteiger partial charge < -0.3 is 14.2 Å². The van der Waals surface area contributed by atoms with Crippen molar-refractivity contribution in [3.63, 3.8) is 0 Å². The van der Waals surface area contributed by atoms with E-state index in [1.807, 2.05) is 30.3 Å². The molecule has 0 aromatic heterocycles. The Balaban J connectivity index is 2.25. The van der Waals surface area contributed by atoms with Crippen molar-refractivity contribution in [2.24, 2.45) is 0 Å². The molecule has 1 saturated heterocycles. The van der Waals surface area contributed by atoms with E-state index in [1.165, 1.54) is 0 Å². The molecule has 0 aliphatic carbocycles. The monoisotopic (exact) mass is 264 g/mol. The zero-order valence-corrected chi connectivity index (χ0v) is 10.8. The fraction of sp³-hybridized carbons (Fsp3) is 0.429. The molecule has 0 unspecified atom stereocenters. The minimum absolute atomic E-state index is 0.489. The van der Waals surface area contributed by atoms with Gasteiger partial charge in [0.05, 0.1) is 20.3 Å². The van der Waals surface area contributed by atoms with Crippen molar-refractivity contribution < 1.29 is 23.8 Å². The Labute approximate surface area is 111 Å². The van der Waals surface area contributed by atoms with Gasteiger partial charge in [0.2, 0.25) is 0 Å². The number of hydrogen-bond donors (Lipinski definition) is 0. The Hall–Kier alpha value is -1.88. The van der Waals surface area contributed by atoms with Crippen molar-refractivity contribution in [3.8, 4) is 0 Å². The molecule has 1 aromatic carbocycles. The molecule has 1 aromatic rings. The second-order valence-corrected chi connectivity index (χ2v) is 4.35. The lowest BCUT2D eigenvalue weighted by molar-refractivity contribution is -0.184. The highest BCUT2D eigenvalue weighted by Gasteiger charge is 2.40. The van der Waals surface area contributed by atoms with Crippen molar-refractivity contribution in [3.05, 3.63) is 35.9 Å². The number of esters is 2. The van der Waals surface area contributed by atoms with E-state index >= 15 is 0 Å². The van der Waals surface area contributed by atoms with Crippen molar-refractivity contribution >= 4 is 11.9 Å². The second kappa shape index (κ2) is 5.84. The third-order valence-corrected chi connectivity index (χ3v) is 3.24. The molecule has 0 N–H and O–H groups in total. The quantitative estimate of drug-likeness (QED) is 0.597. The van der Waals surface area contributed by atoms with E-state index in [4.69, 9.17) is 9.47 Å². The van der Waals surface area contributed by atoms with Gasteiger partial charge in [0.15, 0.2) is 0 Å². The second-order valence-electron chi connectivity index (χ2n) is 4.35. The maximum absolute atomic E-state index is 11.7. The zero-order chi connectivity index (χ0) is 13.7. The number of methoxy groups -OCH3 is 1. The highest BCUT2D eigenvalue weighted by Crippen LogP contribution is 2.36. The van der Waals surface area contributed by atoms with Crippen LogP contribution in [-0.2, 0) is 29.4 Å². The average molecular weight is 264 g/mol. The van der Waals surface area contributed by atoms with Crippen molar-refractivity contribution in [2.75, 3.05) is 20.3 Å². The number of benzene rings is 1. The van der Waals surface area contributed by atoms with Gasteiger partial charge in [0.25, 0.3) is 0 Å². The fourth-order valence-corrected chi connectivity index (χ4v) is 2.20. The van der Waals surface area contributed by atoms with Gasteiger partial charge in [-0.15, -0.1) is 0 Å². The predicted molar refractivity (Wildman–Crippen MR) is 66.3 cm³/mol. The minimum atomic E-state index is -0.984. The zero-order valence-electron chi connectivity index (χ0n) is 10.8. The molecule has 0 radical (unpaired) electrons. The number of rotatable bonds is 2. The van der Waals surface area contributed by atoms with E-state index in [0.717, 1.165) is 12.7 Å². The molecule has 0 spiro atoms. The molecule has 2 rings (SSSR count). The summed E-state index contributed by atoms with van der Waals surface area (Å²) in [6, 6.07) is 9.40. The van der Waals surface area contributed by atoms with Crippen LogP contribution in [0.3, 0.4) is 0 Å². The molecule has 0 bridgehead atoms. The van der Waals surface area contributed by atoms with E-state index in [-0.39, 0.29) is 0 Å². The normalized spacial score (nSPS) is 17.5. The lowest BCUT2D eigenvalue weighted by atomic mass is 9.86. The Morgan fingerprint density at radius 1 is 1.11 bits per heavy atom. The molecular weight excluding hydrogens is 248 g/mol. The maximum atomic E-state index is 11.7. The van der Waals surface area contributed by atoms with Gasteiger partial charge in [0.1, 0.15) is 5.60 Å². The molecule has 0 atom stereocenters. The average Bonchev–Trinajstić information content (AvgIpc) is 2.48. The third-order valence-electron chi connectivity index (χ3n) is 3.24. The molecule has 0 saturated carbocycles. The highest BCUT2D eigenvalue weighted by molar-refractivity contribution is 6.29. The van der Waals surface area contributed by atoms with Crippen LogP contribution in [0.25, 0.3) is 0 Å². The Kier molecular flexibility index (Phi) is 4.16. The molecule has 5 nitrogen and oxygen atoms in total. The molecule has 5 heteroatoms. The summed E-state index contributed by atoms with van der Waals surface area (Å²) in [4.78, 5) is 22.9. The standard InChI is InChI=1S/C14H16O5/c1-17-12(15)13(16)19-14(7-9-18-10-8-14)11-5-3-2-4-6-11/h2-6H,7-10H2,1H3. The van der Waals surface area contributed by atoms with Crippen LogP contribution in [0.2, 0.25) is 0 Å². The van der Waals surface area contributed by atoms with Crippen LogP contribution >= 0.6 is 0 Å². The van der Waals surface area contributed by atoms with Crippen molar-refractivity contribution in [2.45, 2.75) is 18.4 Å².